The molecule has 1 unspecified atom stereocenters. The molecule has 19 heavy (non-hydrogen) atoms. The molecular formula is C16H23NO2. The summed E-state index contributed by atoms with van der Waals surface area (Å²) >= 11 is 0. The summed E-state index contributed by atoms with van der Waals surface area (Å²) in [5, 5.41) is 0. The first-order valence-electron chi connectivity index (χ1n) is 6.94. The number of aryl methyl sites for hydroxylation is 1. The predicted octanol–water partition coefficient (Wildman–Crippen LogP) is 2.46. The Morgan fingerprint density at radius 1 is 1.47 bits per heavy atom. The summed E-state index contributed by atoms with van der Waals surface area (Å²) in [6, 6.07) is 8.28. The van der Waals surface area contributed by atoms with E-state index in [0.717, 1.165) is 12.0 Å². The van der Waals surface area contributed by atoms with Crippen LogP contribution >= 0.6 is 0 Å². The fourth-order valence-electron chi connectivity index (χ4n) is 2.77. The van der Waals surface area contributed by atoms with Crippen LogP contribution in [0.3, 0.4) is 0 Å². The number of esters is 1. The van der Waals surface area contributed by atoms with E-state index in [0.29, 0.717) is 18.9 Å². The van der Waals surface area contributed by atoms with E-state index in [2.05, 4.69) is 25.1 Å². The molecule has 3 nitrogen and oxygen atoms in total. The van der Waals surface area contributed by atoms with Crippen molar-refractivity contribution in [3.8, 4) is 0 Å². The number of methoxy groups -OCH3 is 1. The zero-order chi connectivity index (χ0) is 13.9. The second-order valence-electron chi connectivity index (χ2n) is 5.79. The van der Waals surface area contributed by atoms with E-state index >= 15 is 0 Å². The van der Waals surface area contributed by atoms with Gasteiger partial charge in [0.05, 0.1) is 12.5 Å². The van der Waals surface area contributed by atoms with Crippen molar-refractivity contribution in [3.63, 3.8) is 0 Å². The van der Waals surface area contributed by atoms with Crippen LogP contribution in [0.25, 0.3) is 0 Å². The maximum Gasteiger partial charge on any atom is 0.313 e. The lowest BCUT2D eigenvalue weighted by Gasteiger charge is -2.30. The number of carbonyl (C=O) groups is 1. The van der Waals surface area contributed by atoms with E-state index in [-0.39, 0.29) is 5.97 Å². The summed E-state index contributed by atoms with van der Waals surface area (Å²) in [5.41, 5.74) is 7.76. The number of benzene rings is 1. The lowest BCUT2D eigenvalue weighted by molar-refractivity contribution is -0.153. The second-order valence-corrected chi connectivity index (χ2v) is 5.79. The molecule has 0 bridgehead atoms. The fraction of sp³-hybridized carbons (Fsp3) is 0.562. The lowest BCUT2D eigenvalue weighted by atomic mass is 9.77. The van der Waals surface area contributed by atoms with E-state index in [9.17, 15) is 4.79 Å². The number of nitrogens with two attached hydrogens (primary N) is 1. The maximum absolute atomic E-state index is 12.2. The van der Waals surface area contributed by atoms with Crippen molar-refractivity contribution in [1.29, 1.82) is 0 Å². The average molecular weight is 261 g/mol. The van der Waals surface area contributed by atoms with Gasteiger partial charge in [0.15, 0.2) is 0 Å². The summed E-state index contributed by atoms with van der Waals surface area (Å²) in [6.45, 7) is 2.41. The van der Waals surface area contributed by atoms with Gasteiger partial charge in [-0.2, -0.15) is 0 Å². The van der Waals surface area contributed by atoms with Gasteiger partial charge in [0, 0.05) is 6.54 Å². The Morgan fingerprint density at radius 2 is 2.21 bits per heavy atom. The maximum atomic E-state index is 12.2. The second kappa shape index (κ2) is 5.74. The first-order chi connectivity index (χ1) is 9.09. The minimum absolute atomic E-state index is 0.164. The molecule has 2 rings (SSSR count). The van der Waals surface area contributed by atoms with Crippen molar-refractivity contribution in [1.82, 2.24) is 0 Å². The zero-order valence-electron chi connectivity index (χ0n) is 11.8. The Hall–Kier alpha value is -1.35. The van der Waals surface area contributed by atoms with Crippen LogP contribution < -0.4 is 5.73 Å². The van der Waals surface area contributed by atoms with Crippen LogP contribution in [0.2, 0.25) is 0 Å². The van der Waals surface area contributed by atoms with Gasteiger partial charge >= 0.3 is 5.97 Å². The van der Waals surface area contributed by atoms with E-state index < -0.39 is 5.41 Å². The smallest absolute Gasteiger partial charge is 0.313 e. The third-order valence-corrected chi connectivity index (χ3v) is 4.01. The van der Waals surface area contributed by atoms with Crippen LogP contribution in [0.5, 0.6) is 0 Å². The molecule has 1 aromatic carbocycles. The average Bonchev–Trinajstić information content (AvgIpc) is 3.21. The van der Waals surface area contributed by atoms with Crippen molar-refractivity contribution < 1.29 is 9.53 Å². The van der Waals surface area contributed by atoms with Gasteiger partial charge in [0.25, 0.3) is 0 Å². The predicted molar refractivity (Wildman–Crippen MR) is 75.7 cm³/mol. The van der Waals surface area contributed by atoms with Gasteiger partial charge in [-0.25, -0.2) is 0 Å². The molecule has 0 amide bonds. The summed E-state index contributed by atoms with van der Waals surface area (Å²) in [7, 11) is 1.45. The standard InChI is InChI=1S/C16H23NO2/c1-12-4-3-5-14(8-12)10-16(11-17,15(18)19-2)9-13-6-7-13/h3-5,8,13H,6-7,9-11,17H2,1-2H3. The Balaban J connectivity index is 2.22. The third-order valence-electron chi connectivity index (χ3n) is 4.01. The van der Waals surface area contributed by atoms with E-state index in [1.807, 2.05) is 6.07 Å². The number of hydrogen-bond donors (Lipinski definition) is 1. The lowest BCUT2D eigenvalue weighted by Crippen LogP contribution is -2.42. The van der Waals surface area contributed by atoms with Crippen LogP contribution in [-0.2, 0) is 16.0 Å². The molecule has 0 saturated heterocycles. The van der Waals surface area contributed by atoms with Gasteiger partial charge in [0.2, 0.25) is 0 Å². The SMILES string of the molecule is COC(=O)C(CN)(Cc1cccc(C)c1)CC1CC1. The van der Waals surface area contributed by atoms with E-state index in [1.54, 1.807) is 0 Å². The van der Waals surface area contributed by atoms with E-state index in [4.69, 9.17) is 10.5 Å². The normalized spacial score (nSPS) is 17.8. The summed E-state index contributed by atoms with van der Waals surface area (Å²) in [5.74, 6) is 0.482. The summed E-state index contributed by atoms with van der Waals surface area (Å²) < 4.78 is 5.02. The van der Waals surface area contributed by atoms with Gasteiger partial charge in [-0.3, -0.25) is 4.79 Å². The highest BCUT2D eigenvalue weighted by Crippen LogP contribution is 2.42. The zero-order valence-corrected chi connectivity index (χ0v) is 11.8. The first kappa shape index (κ1) is 14.1. The molecule has 3 heteroatoms. The molecule has 0 heterocycles. The number of carbonyl (C=O) groups excluding carboxylic acids is 1. The Morgan fingerprint density at radius 3 is 2.74 bits per heavy atom. The molecule has 1 saturated carbocycles. The number of rotatable bonds is 6. The van der Waals surface area contributed by atoms with Crippen molar-refractivity contribution in [2.24, 2.45) is 17.1 Å². The number of ether oxygens (including phenoxy) is 1. The monoisotopic (exact) mass is 261 g/mol. The molecule has 0 aliphatic heterocycles. The highest BCUT2D eigenvalue weighted by atomic mass is 16.5. The van der Waals surface area contributed by atoms with Crippen LogP contribution in [0, 0.1) is 18.3 Å². The summed E-state index contributed by atoms with van der Waals surface area (Å²) in [6.07, 6.45) is 3.96. The molecular weight excluding hydrogens is 238 g/mol. The van der Waals surface area contributed by atoms with Gasteiger partial charge < -0.3 is 10.5 Å². The van der Waals surface area contributed by atoms with Crippen molar-refractivity contribution in [2.75, 3.05) is 13.7 Å². The molecule has 0 aromatic heterocycles. The Bertz CT molecular complexity index is 454. The quantitative estimate of drug-likeness (QED) is 0.800. The molecule has 104 valence electrons. The minimum atomic E-state index is -0.552. The third kappa shape index (κ3) is 3.35. The van der Waals surface area contributed by atoms with Gasteiger partial charge in [-0.15, -0.1) is 0 Å². The molecule has 1 aliphatic carbocycles. The molecule has 1 atom stereocenters. The molecule has 0 spiro atoms. The Kier molecular flexibility index (Phi) is 4.25. The van der Waals surface area contributed by atoms with Crippen LogP contribution in [0.1, 0.15) is 30.4 Å². The van der Waals surface area contributed by atoms with Crippen LogP contribution in [0.15, 0.2) is 24.3 Å². The topological polar surface area (TPSA) is 52.3 Å². The van der Waals surface area contributed by atoms with Crippen LogP contribution in [-0.4, -0.2) is 19.6 Å². The molecule has 2 N–H and O–H groups in total. The molecule has 1 aliphatic rings. The first-order valence-corrected chi connectivity index (χ1v) is 6.94. The molecule has 1 fully saturated rings. The van der Waals surface area contributed by atoms with E-state index in [1.165, 1.54) is 25.5 Å². The van der Waals surface area contributed by atoms with Crippen molar-refractivity contribution >= 4 is 5.97 Å². The highest BCUT2D eigenvalue weighted by Gasteiger charge is 2.43. The van der Waals surface area contributed by atoms with Gasteiger partial charge in [-0.1, -0.05) is 42.7 Å². The van der Waals surface area contributed by atoms with Crippen molar-refractivity contribution in [3.05, 3.63) is 35.4 Å². The fourth-order valence-corrected chi connectivity index (χ4v) is 2.77. The summed E-state index contributed by atoms with van der Waals surface area (Å²) in [4.78, 5) is 12.2. The minimum Gasteiger partial charge on any atom is -0.469 e. The number of hydrogen-bond acceptors (Lipinski definition) is 3. The van der Waals surface area contributed by atoms with Gasteiger partial charge in [0.1, 0.15) is 0 Å². The van der Waals surface area contributed by atoms with Gasteiger partial charge in [-0.05, 0) is 31.2 Å². The molecule has 1 aromatic rings. The molecule has 0 radical (unpaired) electrons. The van der Waals surface area contributed by atoms with Crippen molar-refractivity contribution in [2.45, 2.75) is 32.6 Å². The highest BCUT2D eigenvalue weighted by molar-refractivity contribution is 5.77. The largest absolute Gasteiger partial charge is 0.469 e. The Labute approximate surface area is 115 Å². The van der Waals surface area contributed by atoms with Crippen LogP contribution in [0.4, 0.5) is 0 Å².